The fraction of sp³-hybridized carbons (Fsp3) is 0.571. The standard InChI is InChI=1S/C21H35NO2Si/c1-9-22(10-2)20(23)24-17(3)16-19(18-14-12-11-13-15-18)25(7,8)21(4,5)6/h11-17H,9-10H2,1-8H3/b19-16+. The van der Waals surface area contributed by atoms with Gasteiger partial charge in [0.05, 0.1) is 8.07 Å². The lowest BCUT2D eigenvalue weighted by Gasteiger charge is -2.40. The number of ether oxygens (including phenoxy) is 1. The van der Waals surface area contributed by atoms with Gasteiger partial charge in [-0.15, -0.1) is 0 Å². The topological polar surface area (TPSA) is 29.5 Å². The molecule has 0 aromatic heterocycles. The number of amides is 1. The van der Waals surface area contributed by atoms with Gasteiger partial charge in [-0.05, 0) is 37.4 Å². The minimum Gasteiger partial charge on any atom is -0.442 e. The van der Waals surface area contributed by atoms with Gasteiger partial charge in [0.2, 0.25) is 0 Å². The Balaban J connectivity index is 3.20. The molecule has 4 heteroatoms. The van der Waals surface area contributed by atoms with Crippen molar-refractivity contribution in [2.75, 3.05) is 13.1 Å². The van der Waals surface area contributed by atoms with Crippen LogP contribution in [-0.2, 0) is 4.74 Å². The molecule has 140 valence electrons. The molecule has 0 radical (unpaired) electrons. The van der Waals surface area contributed by atoms with Crippen LogP contribution in [0.15, 0.2) is 36.4 Å². The summed E-state index contributed by atoms with van der Waals surface area (Å²) in [6.45, 7) is 18.9. The second-order valence-corrected chi connectivity index (χ2v) is 13.4. The van der Waals surface area contributed by atoms with Crippen LogP contribution in [0.3, 0.4) is 0 Å². The zero-order chi connectivity index (χ0) is 19.3. The number of benzene rings is 1. The molecule has 0 spiro atoms. The molecule has 0 saturated heterocycles. The molecule has 1 aromatic rings. The molecule has 0 aliphatic rings. The van der Waals surface area contributed by atoms with Crippen LogP contribution in [-0.4, -0.2) is 38.3 Å². The van der Waals surface area contributed by atoms with Crippen LogP contribution in [0.1, 0.15) is 47.1 Å². The van der Waals surface area contributed by atoms with Gasteiger partial charge in [0.25, 0.3) is 0 Å². The van der Waals surface area contributed by atoms with E-state index in [1.54, 1.807) is 4.90 Å². The van der Waals surface area contributed by atoms with E-state index in [9.17, 15) is 4.79 Å². The molecular weight excluding hydrogens is 326 g/mol. The Labute approximate surface area is 155 Å². The fourth-order valence-electron chi connectivity index (χ4n) is 2.67. The zero-order valence-electron chi connectivity index (χ0n) is 17.2. The van der Waals surface area contributed by atoms with Gasteiger partial charge in [-0.25, -0.2) is 4.79 Å². The molecule has 1 rings (SSSR count). The summed E-state index contributed by atoms with van der Waals surface area (Å²) in [5.41, 5.74) is 1.24. The Morgan fingerprint density at radius 2 is 1.68 bits per heavy atom. The predicted octanol–water partition coefficient (Wildman–Crippen LogP) is 5.98. The average Bonchev–Trinajstić information content (AvgIpc) is 2.53. The van der Waals surface area contributed by atoms with Gasteiger partial charge >= 0.3 is 6.09 Å². The fourth-order valence-corrected chi connectivity index (χ4v) is 5.02. The highest BCUT2D eigenvalue weighted by Gasteiger charge is 2.39. The van der Waals surface area contributed by atoms with Crippen molar-refractivity contribution in [2.24, 2.45) is 0 Å². The third-order valence-electron chi connectivity index (χ3n) is 5.34. The van der Waals surface area contributed by atoms with Crippen molar-refractivity contribution < 1.29 is 9.53 Å². The molecule has 0 heterocycles. The Morgan fingerprint density at radius 1 is 1.16 bits per heavy atom. The second-order valence-electron chi connectivity index (χ2n) is 8.08. The molecule has 0 fully saturated rings. The van der Waals surface area contributed by atoms with E-state index >= 15 is 0 Å². The maximum absolute atomic E-state index is 12.3. The van der Waals surface area contributed by atoms with Gasteiger partial charge in [0, 0.05) is 13.1 Å². The molecule has 1 aromatic carbocycles. The van der Waals surface area contributed by atoms with Gasteiger partial charge in [-0.2, -0.15) is 0 Å². The lowest BCUT2D eigenvalue weighted by atomic mass is 10.2. The summed E-state index contributed by atoms with van der Waals surface area (Å²) in [5.74, 6) is 0. The van der Waals surface area contributed by atoms with Crippen LogP contribution in [0.5, 0.6) is 0 Å². The van der Waals surface area contributed by atoms with Crippen LogP contribution in [0.25, 0.3) is 5.20 Å². The van der Waals surface area contributed by atoms with Crippen molar-refractivity contribution in [3.63, 3.8) is 0 Å². The second kappa shape index (κ2) is 8.70. The Bertz CT molecular complexity index is 584. The Kier molecular flexibility index (Phi) is 7.48. The molecule has 25 heavy (non-hydrogen) atoms. The predicted molar refractivity (Wildman–Crippen MR) is 110 cm³/mol. The van der Waals surface area contributed by atoms with Crippen molar-refractivity contribution in [3.8, 4) is 0 Å². The zero-order valence-corrected chi connectivity index (χ0v) is 18.2. The summed E-state index contributed by atoms with van der Waals surface area (Å²) in [7, 11) is -1.78. The van der Waals surface area contributed by atoms with Crippen LogP contribution < -0.4 is 0 Å². The van der Waals surface area contributed by atoms with Gasteiger partial charge in [0.1, 0.15) is 6.10 Å². The van der Waals surface area contributed by atoms with E-state index in [-0.39, 0.29) is 17.2 Å². The number of carbonyl (C=O) groups excluding carboxylic acids is 1. The molecule has 0 saturated carbocycles. The van der Waals surface area contributed by atoms with Crippen LogP contribution in [0.4, 0.5) is 4.79 Å². The Hall–Kier alpha value is -1.55. The summed E-state index contributed by atoms with van der Waals surface area (Å²) in [6, 6.07) is 10.5. The largest absolute Gasteiger partial charge is 0.442 e. The molecule has 1 atom stereocenters. The minimum atomic E-state index is -1.78. The first-order valence-corrected chi connectivity index (χ1v) is 12.3. The van der Waals surface area contributed by atoms with Gasteiger partial charge < -0.3 is 9.64 Å². The number of nitrogens with zero attached hydrogens (tertiary/aromatic N) is 1. The summed E-state index contributed by atoms with van der Waals surface area (Å²) < 4.78 is 5.69. The average molecular weight is 362 g/mol. The van der Waals surface area contributed by atoms with E-state index < -0.39 is 8.07 Å². The van der Waals surface area contributed by atoms with Crippen molar-refractivity contribution >= 4 is 19.4 Å². The van der Waals surface area contributed by atoms with Crippen LogP contribution in [0, 0.1) is 0 Å². The highest BCUT2D eigenvalue weighted by molar-refractivity contribution is 6.96. The number of hydrogen-bond acceptors (Lipinski definition) is 2. The van der Waals surface area contributed by atoms with Crippen molar-refractivity contribution in [2.45, 2.75) is 65.8 Å². The van der Waals surface area contributed by atoms with Crippen LogP contribution in [0.2, 0.25) is 18.1 Å². The maximum atomic E-state index is 12.3. The summed E-state index contributed by atoms with van der Waals surface area (Å²) in [4.78, 5) is 14.0. The van der Waals surface area contributed by atoms with E-state index in [4.69, 9.17) is 4.74 Å². The Morgan fingerprint density at radius 3 is 2.12 bits per heavy atom. The third-order valence-corrected chi connectivity index (χ3v) is 10.9. The highest BCUT2D eigenvalue weighted by Crippen LogP contribution is 2.44. The molecule has 1 unspecified atom stereocenters. The van der Waals surface area contributed by atoms with Crippen LogP contribution >= 0.6 is 0 Å². The lowest BCUT2D eigenvalue weighted by Crippen LogP contribution is -2.39. The van der Waals surface area contributed by atoms with Gasteiger partial charge in [-0.1, -0.05) is 69.4 Å². The first-order valence-electron chi connectivity index (χ1n) is 9.27. The first kappa shape index (κ1) is 21.5. The molecule has 0 aliphatic heterocycles. The number of rotatable bonds is 6. The summed E-state index contributed by atoms with van der Waals surface area (Å²) in [5, 5.41) is 1.55. The smallest absolute Gasteiger partial charge is 0.410 e. The van der Waals surface area contributed by atoms with Crippen molar-refractivity contribution in [1.29, 1.82) is 0 Å². The molecular formula is C21H35NO2Si. The monoisotopic (exact) mass is 361 g/mol. The van der Waals surface area contributed by atoms with E-state index in [1.807, 2.05) is 26.8 Å². The normalized spacial score (nSPS) is 14.2. The van der Waals surface area contributed by atoms with Crippen molar-refractivity contribution in [3.05, 3.63) is 42.0 Å². The number of carbonyl (C=O) groups is 1. The highest BCUT2D eigenvalue weighted by atomic mass is 28.3. The molecule has 3 nitrogen and oxygen atoms in total. The van der Waals surface area contributed by atoms with E-state index in [0.29, 0.717) is 13.1 Å². The quantitative estimate of drug-likeness (QED) is 0.583. The van der Waals surface area contributed by atoms with E-state index in [0.717, 1.165) is 0 Å². The molecule has 0 bridgehead atoms. The van der Waals surface area contributed by atoms with Gasteiger partial charge in [0.15, 0.2) is 0 Å². The minimum absolute atomic E-state index is 0.206. The molecule has 0 aliphatic carbocycles. The lowest BCUT2D eigenvalue weighted by molar-refractivity contribution is 0.0896. The number of hydrogen-bond donors (Lipinski definition) is 0. The first-order chi connectivity index (χ1) is 11.5. The summed E-state index contributed by atoms with van der Waals surface area (Å²) >= 11 is 0. The van der Waals surface area contributed by atoms with Crippen molar-refractivity contribution in [1.82, 2.24) is 4.90 Å². The third kappa shape index (κ3) is 5.46. The van der Waals surface area contributed by atoms with Gasteiger partial charge in [-0.3, -0.25) is 0 Å². The SMILES string of the molecule is CCN(CC)C(=O)OC(C)/C=C(\c1ccccc1)[Si](C)(C)C(C)(C)C. The van der Waals surface area contributed by atoms with E-state index in [1.165, 1.54) is 10.8 Å². The van der Waals surface area contributed by atoms with E-state index in [2.05, 4.69) is 64.2 Å². The molecule has 0 N–H and O–H groups in total. The maximum Gasteiger partial charge on any atom is 0.410 e. The summed E-state index contributed by atoms with van der Waals surface area (Å²) in [6.07, 6.45) is 1.67. The molecule has 1 amide bonds.